The second-order valence-electron chi connectivity index (χ2n) is 3.80. The molecule has 1 saturated heterocycles. The zero-order valence-electron chi connectivity index (χ0n) is 8.98. The number of carbonyl (C=O) groups excluding carboxylic acids is 1. The third-order valence-corrected chi connectivity index (χ3v) is 3.49. The van der Waals surface area contributed by atoms with Crippen LogP contribution in [0.15, 0.2) is 29.4 Å². The molecule has 0 atom stereocenters. The molecule has 0 aromatic carbocycles. The van der Waals surface area contributed by atoms with Gasteiger partial charge in [0.25, 0.3) is 0 Å². The van der Waals surface area contributed by atoms with E-state index in [1.807, 2.05) is 12.1 Å². The zero-order valence-corrected chi connectivity index (χ0v) is 9.80. The molecule has 1 aromatic rings. The molecular formula is C11H15N3OS. The molecule has 0 bridgehead atoms. The van der Waals surface area contributed by atoms with Crippen molar-refractivity contribution >= 4 is 17.7 Å². The highest BCUT2D eigenvalue weighted by atomic mass is 32.2. The fourth-order valence-corrected chi connectivity index (χ4v) is 2.10. The first-order valence-corrected chi connectivity index (χ1v) is 6.33. The Morgan fingerprint density at radius 3 is 2.88 bits per heavy atom. The highest BCUT2D eigenvalue weighted by molar-refractivity contribution is 8.00. The molecule has 1 aliphatic heterocycles. The topological polar surface area (TPSA) is 54.0 Å². The maximum Gasteiger partial charge on any atom is 0.230 e. The number of nitrogens with one attached hydrogen (secondary N) is 2. The fourth-order valence-electron chi connectivity index (χ4n) is 1.39. The number of hydrogen-bond donors (Lipinski definition) is 2. The van der Waals surface area contributed by atoms with Gasteiger partial charge in [-0.15, -0.1) is 11.8 Å². The Morgan fingerprint density at radius 1 is 1.50 bits per heavy atom. The van der Waals surface area contributed by atoms with E-state index in [1.54, 1.807) is 12.4 Å². The Hall–Kier alpha value is -1.07. The van der Waals surface area contributed by atoms with Gasteiger partial charge in [-0.3, -0.25) is 9.78 Å². The second kappa shape index (κ2) is 5.86. The lowest BCUT2D eigenvalue weighted by atomic mass is 10.0. The first-order valence-electron chi connectivity index (χ1n) is 5.35. The number of carbonyl (C=O) groups is 1. The molecule has 0 spiro atoms. The third kappa shape index (κ3) is 3.50. The summed E-state index contributed by atoms with van der Waals surface area (Å²) >= 11 is 1.54. The summed E-state index contributed by atoms with van der Waals surface area (Å²) in [6.45, 7) is 2.85. The minimum absolute atomic E-state index is 0.105. The largest absolute Gasteiger partial charge is 0.355 e. The molecule has 0 radical (unpaired) electrons. The molecule has 1 aromatic heterocycles. The van der Waals surface area contributed by atoms with Gasteiger partial charge >= 0.3 is 0 Å². The number of hydrogen-bond acceptors (Lipinski definition) is 4. The van der Waals surface area contributed by atoms with Gasteiger partial charge in [0, 0.05) is 42.8 Å². The summed E-state index contributed by atoms with van der Waals surface area (Å²) in [5, 5.41) is 6.12. The van der Waals surface area contributed by atoms with Gasteiger partial charge in [-0.1, -0.05) is 0 Å². The van der Waals surface area contributed by atoms with Crippen LogP contribution in [0.5, 0.6) is 0 Å². The zero-order chi connectivity index (χ0) is 11.2. The van der Waals surface area contributed by atoms with Crippen LogP contribution in [-0.4, -0.2) is 36.3 Å². The van der Waals surface area contributed by atoms with Crippen LogP contribution in [0.2, 0.25) is 0 Å². The maximum atomic E-state index is 11.5. The molecule has 1 amide bonds. The highest BCUT2D eigenvalue weighted by Gasteiger charge is 2.16. The smallest absolute Gasteiger partial charge is 0.230 e. The van der Waals surface area contributed by atoms with Crippen LogP contribution < -0.4 is 10.6 Å². The van der Waals surface area contributed by atoms with Crippen LogP contribution in [0.25, 0.3) is 0 Å². The molecule has 1 fully saturated rings. The molecule has 2 rings (SSSR count). The lowest BCUT2D eigenvalue weighted by Crippen LogP contribution is -2.48. The molecule has 5 heteroatoms. The maximum absolute atomic E-state index is 11.5. The number of rotatable bonds is 5. The van der Waals surface area contributed by atoms with E-state index in [0.29, 0.717) is 11.7 Å². The lowest BCUT2D eigenvalue weighted by Gasteiger charge is -2.27. The van der Waals surface area contributed by atoms with Crippen LogP contribution in [0.3, 0.4) is 0 Å². The minimum Gasteiger partial charge on any atom is -0.355 e. The van der Waals surface area contributed by atoms with Gasteiger partial charge in [-0.05, 0) is 12.1 Å². The Balaban J connectivity index is 1.63. The van der Waals surface area contributed by atoms with Gasteiger partial charge in [0.2, 0.25) is 5.91 Å². The van der Waals surface area contributed by atoms with Crippen LogP contribution >= 0.6 is 11.8 Å². The van der Waals surface area contributed by atoms with E-state index in [2.05, 4.69) is 15.6 Å². The van der Waals surface area contributed by atoms with Crippen molar-refractivity contribution < 1.29 is 4.79 Å². The number of thioether (sulfide) groups is 1. The molecule has 0 unspecified atom stereocenters. The summed E-state index contributed by atoms with van der Waals surface area (Å²) in [4.78, 5) is 16.5. The van der Waals surface area contributed by atoms with Crippen LogP contribution in [-0.2, 0) is 4.79 Å². The summed E-state index contributed by atoms with van der Waals surface area (Å²) in [6.07, 6.45) is 3.47. The van der Waals surface area contributed by atoms with E-state index in [4.69, 9.17) is 0 Å². The monoisotopic (exact) mass is 237 g/mol. The van der Waals surface area contributed by atoms with E-state index in [0.717, 1.165) is 24.5 Å². The van der Waals surface area contributed by atoms with Crippen LogP contribution in [0, 0.1) is 5.92 Å². The Labute approximate surface area is 99.2 Å². The number of amides is 1. The summed E-state index contributed by atoms with van der Waals surface area (Å²) in [7, 11) is 0. The summed E-state index contributed by atoms with van der Waals surface area (Å²) in [5.74, 6) is 1.20. The number of pyridine rings is 1. The lowest BCUT2D eigenvalue weighted by molar-refractivity contribution is -0.118. The van der Waals surface area contributed by atoms with Gasteiger partial charge in [-0.2, -0.15) is 0 Å². The SMILES string of the molecule is O=C(CSc1ccncc1)NCC1CNC1. The van der Waals surface area contributed by atoms with Crippen molar-refractivity contribution in [1.82, 2.24) is 15.6 Å². The van der Waals surface area contributed by atoms with Gasteiger partial charge in [0.15, 0.2) is 0 Å². The summed E-state index contributed by atoms with van der Waals surface area (Å²) in [5.41, 5.74) is 0. The number of nitrogens with zero attached hydrogens (tertiary/aromatic N) is 1. The predicted molar refractivity (Wildman–Crippen MR) is 64.3 cm³/mol. The Kier molecular flexibility index (Phi) is 4.18. The Morgan fingerprint density at radius 2 is 2.25 bits per heavy atom. The summed E-state index contributed by atoms with van der Waals surface area (Å²) < 4.78 is 0. The van der Waals surface area contributed by atoms with Gasteiger partial charge in [0.05, 0.1) is 5.75 Å². The quantitative estimate of drug-likeness (QED) is 0.733. The van der Waals surface area contributed by atoms with E-state index in [1.165, 1.54) is 11.8 Å². The molecule has 4 nitrogen and oxygen atoms in total. The first-order chi connectivity index (χ1) is 7.84. The predicted octanol–water partition coefficient (Wildman–Crippen LogP) is 0.509. The molecule has 2 N–H and O–H groups in total. The molecule has 0 saturated carbocycles. The van der Waals surface area contributed by atoms with Crippen molar-refractivity contribution in [3.05, 3.63) is 24.5 Å². The van der Waals surface area contributed by atoms with Gasteiger partial charge in [0.1, 0.15) is 0 Å². The third-order valence-electron chi connectivity index (χ3n) is 2.47. The average Bonchev–Trinajstić information content (AvgIpc) is 2.26. The van der Waals surface area contributed by atoms with Crippen LogP contribution in [0.4, 0.5) is 0 Å². The van der Waals surface area contributed by atoms with E-state index in [9.17, 15) is 4.79 Å². The van der Waals surface area contributed by atoms with Crippen molar-refractivity contribution in [3.8, 4) is 0 Å². The average molecular weight is 237 g/mol. The summed E-state index contributed by atoms with van der Waals surface area (Å²) in [6, 6.07) is 3.82. The molecule has 86 valence electrons. The minimum atomic E-state index is 0.105. The van der Waals surface area contributed by atoms with Crippen molar-refractivity contribution in [2.75, 3.05) is 25.4 Å². The molecular weight excluding hydrogens is 222 g/mol. The van der Waals surface area contributed by atoms with Crippen LogP contribution in [0.1, 0.15) is 0 Å². The molecule has 0 aliphatic carbocycles. The standard InChI is InChI=1S/C11H15N3OS/c15-11(14-7-9-5-13-6-9)8-16-10-1-3-12-4-2-10/h1-4,9,13H,5-8H2,(H,14,15). The second-order valence-corrected chi connectivity index (χ2v) is 4.85. The van der Waals surface area contributed by atoms with E-state index >= 15 is 0 Å². The van der Waals surface area contributed by atoms with E-state index < -0.39 is 0 Å². The van der Waals surface area contributed by atoms with Crippen molar-refractivity contribution in [2.24, 2.45) is 5.92 Å². The van der Waals surface area contributed by atoms with Crippen molar-refractivity contribution in [1.29, 1.82) is 0 Å². The van der Waals surface area contributed by atoms with Gasteiger partial charge < -0.3 is 10.6 Å². The van der Waals surface area contributed by atoms with Crippen molar-refractivity contribution in [3.63, 3.8) is 0 Å². The van der Waals surface area contributed by atoms with Gasteiger partial charge in [-0.25, -0.2) is 0 Å². The number of aromatic nitrogens is 1. The highest BCUT2D eigenvalue weighted by Crippen LogP contribution is 2.15. The fraction of sp³-hybridized carbons (Fsp3) is 0.455. The molecule has 1 aliphatic rings. The molecule has 2 heterocycles. The van der Waals surface area contributed by atoms with E-state index in [-0.39, 0.29) is 5.91 Å². The van der Waals surface area contributed by atoms with Crippen molar-refractivity contribution in [2.45, 2.75) is 4.90 Å². The first kappa shape index (κ1) is 11.4. The Bertz CT molecular complexity index is 340. The normalized spacial score (nSPS) is 15.5. The molecule has 16 heavy (non-hydrogen) atoms.